The standard InChI is InChI=1S/C27H34BrN3O/c1-2-3-4-5-6-7-8-11-17-30-25-16-10-9-15-24(25)29-27(30)21-18-26(32)31(20-21)23-14-12-13-22(28)19-23/h9-10,12-16,19,21H,2-8,11,17-18,20H2,1H3. The van der Waals surface area contributed by atoms with E-state index in [9.17, 15) is 4.79 Å². The quantitative estimate of drug-likeness (QED) is 0.259. The molecule has 4 nitrogen and oxygen atoms in total. The zero-order valence-electron chi connectivity index (χ0n) is 19.1. The van der Waals surface area contributed by atoms with Crippen molar-refractivity contribution < 1.29 is 4.79 Å². The Balaban J connectivity index is 1.45. The lowest BCUT2D eigenvalue weighted by atomic mass is 10.1. The third-order valence-electron chi connectivity index (χ3n) is 6.53. The van der Waals surface area contributed by atoms with Gasteiger partial charge < -0.3 is 9.47 Å². The second kappa shape index (κ2) is 11.1. The maximum absolute atomic E-state index is 12.9. The number of aryl methyl sites for hydroxylation is 1. The molecular weight excluding hydrogens is 462 g/mol. The smallest absolute Gasteiger partial charge is 0.227 e. The van der Waals surface area contributed by atoms with Crippen molar-refractivity contribution in [1.29, 1.82) is 0 Å². The molecule has 1 aliphatic heterocycles. The predicted octanol–water partition coefficient (Wildman–Crippen LogP) is 7.46. The third-order valence-corrected chi connectivity index (χ3v) is 7.02. The molecule has 2 aromatic carbocycles. The van der Waals surface area contributed by atoms with Crippen LogP contribution in [-0.4, -0.2) is 22.0 Å². The highest BCUT2D eigenvalue weighted by molar-refractivity contribution is 9.10. The van der Waals surface area contributed by atoms with Crippen LogP contribution in [0.5, 0.6) is 0 Å². The first-order valence-electron chi connectivity index (χ1n) is 12.2. The number of unbranched alkanes of at least 4 members (excludes halogenated alkanes) is 7. The number of amides is 1. The van der Waals surface area contributed by atoms with Crippen molar-refractivity contribution in [2.45, 2.75) is 77.2 Å². The predicted molar refractivity (Wildman–Crippen MR) is 136 cm³/mol. The molecule has 1 aromatic heterocycles. The van der Waals surface area contributed by atoms with Crippen molar-refractivity contribution in [3.63, 3.8) is 0 Å². The van der Waals surface area contributed by atoms with E-state index >= 15 is 0 Å². The molecule has 1 atom stereocenters. The van der Waals surface area contributed by atoms with Crippen molar-refractivity contribution in [2.75, 3.05) is 11.4 Å². The van der Waals surface area contributed by atoms with E-state index in [0.717, 1.165) is 34.5 Å². The molecule has 1 unspecified atom stereocenters. The summed E-state index contributed by atoms with van der Waals surface area (Å²) >= 11 is 3.53. The van der Waals surface area contributed by atoms with Gasteiger partial charge in [-0.15, -0.1) is 0 Å². The minimum Gasteiger partial charge on any atom is -0.328 e. The minimum absolute atomic E-state index is 0.128. The molecule has 3 aromatic rings. The van der Waals surface area contributed by atoms with Crippen LogP contribution < -0.4 is 4.90 Å². The Bertz CT molecular complexity index is 1040. The zero-order chi connectivity index (χ0) is 22.3. The summed E-state index contributed by atoms with van der Waals surface area (Å²) in [4.78, 5) is 19.8. The number of nitrogens with zero attached hydrogens (tertiary/aromatic N) is 3. The first-order valence-corrected chi connectivity index (χ1v) is 13.0. The molecule has 2 heterocycles. The van der Waals surface area contributed by atoms with Crippen LogP contribution in [0.4, 0.5) is 5.69 Å². The van der Waals surface area contributed by atoms with E-state index in [1.807, 2.05) is 35.2 Å². The number of carbonyl (C=O) groups is 1. The molecule has 1 saturated heterocycles. The Morgan fingerprint density at radius 2 is 1.72 bits per heavy atom. The second-order valence-electron chi connectivity index (χ2n) is 8.97. The summed E-state index contributed by atoms with van der Waals surface area (Å²) in [5.41, 5.74) is 3.19. The first kappa shape index (κ1) is 23.0. The molecule has 1 aliphatic rings. The average Bonchev–Trinajstić information content (AvgIpc) is 3.36. The SMILES string of the molecule is CCCCCCCCCCn1c(C2CC(=O)N(c3cccc(Br)c3)C2)nc2ccccc21. The van der Waals surface area contributed by atoms with E-state index in [-0.39, 0.29) is 11.8 Å². The molecule has 0 saturated carbocycles. The van der Waals surface area contributed by atoms with Crippen LogP contribution in [0.15, 0.2) is 53.0 Å². The molecule has 1 amide bonds. The largest absolute Gasteiger partial charge is 0.328 e. The molecule has 0 spiro atoms. The highest BCUT2D eigenvalue weighted by atomic mass is 79.9. The van der Waals surface area contributed by atoms with Gasteiger partial charge in [0.15, 0.2) is 0 Å². The number of benzene rings is 2. The van der Waals surface area contributed by atoms with Gasteiger partial charge in [-0.3, -0.25) is 4.79 Å². The maximum Gasteiger partial charge on any atom is 0.227 e. The number of hydrogen-bond acceptors (Lipinski definition) is 2. The van der Waals surface area contributed by atoms with Crippen LogP contribution in [-0.2, 0) is 11.3 Å². The van der Waals surface area contributed by atoms with Crippen molar-refractivity contribution in [1.82, 2.24) is 9.55 Å². The van der Waals surface area contributed by atoms with Gasteiger partial charge in [-0.2, -0.15) is 0 Å². The zero-order valence-corrected chi connectivity index (χ0v) is 20.7. The van der Waals surface area contributed by atoms with Gasteiger partial charge in [0.05, 0.1) is 11.0 Å². The van der Waals surface area contributed by atoms with E-state index in [1.165, 1.54) is 50.5 Å². The number of rotatable bonds is 11. The average molecular weight is 496 g/mol. The van der Waals surface area contributed by atoms with Crippen LogP contribution in [0.3, 0.4) is 0 Å². The van der Waals surface area contributed by atoms with Crippen molar-refractivity contribution in [3.8, 4) is 0 Å². The van der Waals surface area contributed by atoms with Gasteiger partial charge in [0.1, 0.15) is 5.82 Å². The van der Waals surface area contributed by atoms with Gasteiger partial charge in [-0.25, -0.2) is 4.98 Å². The summed E-state index contributed by atoms with van der Waals surface area (Å²) in [7, 11) is 0. The number of carbonyl (C=O) groups excluding carboxylic acids is 1. The Hall–Kier alpha value is -2.14. The molecule has 5 heteroatoms. The number of halogens is 1. The highest BCUT2D eigenvalue weighted by Crippen LogP contribution is 2.34. The van der Waals surface area contributed by atoms with Crippen LogP contribution in [0.2, 0.25) is 0 Å². The van der Waals surface area contributed by atoms with Gasteiger partial charge in [0.2, 0.25) is 5.91 Å². The first-order chi connectivity index (χ1) is 15.7. The molecule has 170 valence electrons. The molecule has 32 heavy (non-hydrogen) atoms. The van der Waals surface area contributed by atoms with Gasteiger partial charge in [-0.1, -0.05) is 86.0 Å². The van der Waals surface area contributed by atoms with Gasteiger partial charge in [0.25, 0.3) is 0 Å². The Morgan fingerprint density at radius 1 is 0.969 bits per heavy atom. The second-order valence-corrected chi connectivity index (χ2v) is 9.89. The van der Waals surface area contributed by atoms with Crippen LogP contribution in [0.25, 0.3) is 11.0 Å². The molecule has 1 fully saturated rings. The minimum atomic E-state index is 0.128. The fourth-order valence-electron chi connectivity index (χ4n) is 4.82. The number of imidazole rings is 1. The van der Waals surface area contributed by atoms with Crippen LogP contribution in [0.1, 0.15) is 76.5 Å². The summed E-state index contributed by atoms with van der Waals surface area (Å²) in [6.45, 7) is 3.94. The summed E-state index contributed by atoms with van der Waals surface area (Å²) in [5.74, 6) is 1.38. The van der Waals surface area contributed by atoms with E-state index in [0.29, 0.717) is 13.0 Å². The highest BCUT2D eigenvalue weighted by Gasteiger charge is 2.34. The Kier molecular flexibility index (Phi) is 8.01. The molecular formula is C27H34BrN3O. The number of anilines is 1. The number of aromatic nitrogens is 2. The van der Waals surface area contributed by atoms with Crippen LogP contribution in [0, 0.1) is 0 Å². The molecule has 4 rings (SSSR count). The van der Waals surface area contributed by atoms with Gasteiger partial charge in [0, 0.05) is 35.6 Å². The van der Waals surface area contributed by atoms with E-state index in [1.54, 1.807) is 0 Å². The number of fused-ring (bicyclic) bond motifs is 1. The third kappa shape index (κ3) is 5.43. The molecule has 0 radical (unpaired) electrons. The monoisotopic (exact) mass is 495 g/mol. The fourth-order valence-corrected chi connectivity index (χ4v) is 5.21. The Labute approximate surface area is 200 Å². The number of para-hydroxylation sites is 2. The summed E-state index contributed by atoms with van der Waals surface area (Å²) in [5, 5.41) is 0. The summed E-state index contributed by atoms with van der Waals surface area (Å²) < 4.78 is 3.38. The lowest BCUT2D eigenvalue weighted by Gasteiger charge is -2.18. The lowest BCUT2D eigenvalue weighted by molar-refractivity contribution is -0.117. The van der Waals surface area contributed by atoms with Gasteiger partial charge in [-0.05, 0) is 36.8 Å². The van der Waals surface area contributed by atoms with Crippen LogP contribution >= 0.6 is 15.9 Å². The normalized spacial score (nSPS) is 16.4. The van der Waals surface area contributed by atoms with Crippen molar-refractivity contribution >= 4 is 38.6 Å². The number of hydrogen-bond donors (Lipinski definition) is 0. The summed E-state index contributed by atoms with van der Waals surface area (Å²) in [6, 6.07) is 16.4. The van der Waals surface area contributed by atoms with E-state index in [2.05, 4.69) is 45.6 Å². The topological polar surface area (TPSA) is 38.1 Å². The maximum atomic E-state index is 12.9. The lowest BCUT2D eigenvalue weighted by Crippen LogP contribution is -2.24. The van der Waals surface area contributed by atoms with Crippen molar-refractivity contribution in [3.05, 3.63) is 58.8 Å². The van der Waals surface area contributed by atoms with E-state index < -0.39 is 0 Å². The van der Waals surface area contributed by atoms with Gasteiger partial charge >= 0.3 is 0 Å². The molecule has 0 aliphatic carbocycles. The molecule has 0 bridgehead atoms. The molecule has 0 N–H and O–H groups in total. The Morgan fingerprint density at radius 3 is 2.50 bits per heavy atom. The fraction of sp³-hybridized carbons (Fsp3) is 0.481. The van der Waals surface area contributed by atoms with Crippen molar-refractivity contribution in [2.24, 2.45) is 0 Å². The van der Waals surface area contributed by atoms with E-state index in [4.69, 9.17) is 4.98 Å². The summed E-state index contributed by atoms with van der Waals surface area (Å²) in [6.07, 6.45) is 11.0.